The Bertz CT molecular complexity index is 84.7. The van der Waals surface area contributed by atoms with Crippen molar-refractivity contribution in [3.8, 4) is 0 Å². The van der Waals surface area contributed by atoms with Crippen LogP contribution in [-0.2, 0) is 9.47 Å². The molecule has 0 atom stereocenters. The molecule has 0 aromatic heterocycles. The molecule has 0 aliphatic carbocycles. The first-order valence-electron chi connectivity index (χ1n) is 2.47. The predicted molar refractivity (Wildman–Crippen MR) is 32.4 cm³/mol. The van der Waals surface area contributed by atoms with Crippen molar-refractivity contribution >= 4 is 0 Å². The van der Waals surface area contributed by atoms with Gasteiger partial charge in [-0.25, -0.2) is 0 Å². The Morgan fingerprint density at radius 1 is 1.00 bits per heavy atom. The maximum Gasteiger partial charge on any atom is 0.277 e. The van der Waals surface area contributed by atoms with Crippen LogP contribution in [0.25, 0.3) is 0 Å². The quantitative estimate of drug-likeness (QED) is 0.509. The number of hydrogen-bond acceptors (Lipinski definition) is 2. The lowest BCUT2D eigenvalue weighted by atomic mass is 10.4. The van der Waals surface area contributed by atoms with Gasteiger partial charge >= 0.3 is 0 Å². The van der Waals surface area contributed by atoms with Gasteiger partial charge in [-0.3, -0.25) is 0 Å². The molecule has 8 heavy (non-hydrogen) atoms. The highest BCUT2D eigenvalue weighted by atomic mass is 16.7. The van der Waals surface area contributed by atoms with Crippen LogP contribution >= 0.6 is 0 Å². The third-order valence-corrected chi connectivity index (χ3v) is 0.779. The van der Waals surface area contributed by atoms with Gasteiger partial charge < -0.3 is 9.47 Å². The van der Waals surface area contributed by atoms with Crippen molar-refractivity contribution in [3.63, 3.8) is 0 Å². The van der Waals surface area contributed by atoms with Gasteiger partial charge in [0.15, 0.2) is 0 Å². The second-order valence-corrected chi connectivity index (χ2v) is 1.70. The SMILES string of the molecule is COC(OC)=C(C)C. The molecule has 48 valence electrons. The molecule has 0 heterocycles. The van der Waals surface area contributed by atoms with Gasteiger partial charge in [0.25, 0.3) is 5.95 Å². The average Bonchev–Trinajstić information content (AvgIpc) is 1.69. The van der Waals surface area contributed by atoms with Crippen molar-refractivity contribution < 1.29 is 9.47 Å². The summed E-state index contributed by atoms with van der Waals surface area (Å²) in [5, 5.41) is 0. The van der Waals surface area contributed by atoms with Crippen LogP contribution in [-0.4, -0.2) is 14.2 Å². The Kier molecular flexibility index (Phi) is 3.08. The molecule has 0 spiro atoms. The van der Waals surface area contributed by atoms with Gasteiger partial charge in [0, 0.05) is 5.57 Å². The van der Waals surface area contributed by atoms with Gasteiger partial charge in [-0.2, -0.15) is 0 Å². The summed E-state index contributed by atoms with van der Waals surface area (Å²) in [7, 11) is 3.18. The van der Waals surface area contributed by atoms with E-state index in [0.29, 0.717) is 5.95 Å². The molecule has 0 rings (SSSR count). The first-order valence-corrected chi connectivity index (χ1v) is 2.47. The lowest BCUT2D eigenvalue weighted by molar-refractivity contribution is 0.0910. The summed E-state index contributed by atoms with van der Waals surface area (Å²) in [5.74, 6) is 0.602. The van der Waals surface area contributed by atoms with Gasteiger partial charge in [0.2, 0.25) is 0 Å². The molecule has 0 aliphatic heterocycles. The summed E-state index contributed by atoms with van der Waals surface area (Å²) in [5.41, 5.74) is 1.05. The topological polar surface area (TPSA) is 18.5 Å². The van der Waals surface area contributed by atoms with Crippen molar-refractivity contribution in [2.75, 3.05) is 14.2 Å². The number of rotatable bonds is 2. The van der Waals surface area contributed by atoms with Crippen LogP contribution < -0.4 is 0 Å². The molecule has 0 amide bonds. The Labute approximate surface area is 50.1 Å². The second-order valence-electron chi connectivity index (χ2n) is 1.70. The first-order chi connectivity index (χ1) is 3.72. The van der Waals surface area contributed by atoms with Crippen molar-refractivity contribution in [2.24, 2.45) is 0 Å². The van der Waals surface area contributed by atoms with Crippen LogP contribution in [0.4, 0.5) is 0 Å². The van der Waals surface area contributed by atoms with Crippen LogP contribution in [0.5, 0.6) is 0 Å². The fourth-order valence-electron chi connectivity index (χ4n) is 0.492. The maximum absolute atomic E-state index is 4.82. The largest absolute Gasteiger partial charge is 0.469 e. The molecular weight excluding hydrogens is 104 g/mol. The summed E-state index contributed by atoms with van der Waals surface area (Å²) in [4.78, 5) is 0. The van der Waals surface area contributed by atoms with E-state index in [4.69, 9.17) is 9.47 Å². The van der Waals surface area contributed by atoms with E-state index in [-0.39, 0.29) is 0 Å². The second kappa shape index (κ2) is 3.36. The standard InChI is InChI=1S/C6H12O2/c1-5(2)6(7-3)8-4/h1-4H3. The molecule has 0 bridgehead atoms. The van der Waals surface area contributed by atoms with E-state index >= 15 is 0 Å². The highest BCUT2D eigenvalue weighted by Gasteiger charge is 1.92. The van der Waals surface area contributed by atoms with Crippen LogP contribution in [0.15, 0.2) is 11.5 Å². The zero-order valence-electron chi connectivity index (χ0n) is 5.82. The summed E-state index contributed by atoms with van der Waals surface area (Å²) < 4.78 is 9.64. The fraction of sp³-hybridized carbons (Fsp3) is 0.667. The van der Waals surface area contributed by atoms with E-state index in [9.17, 15) is 0 Å². The summed E-state index contributed by atoms with van der Waals surface area (Å²) in [6.45, 7) is 3.87. The monoisotopic (exact) mass is 116 g/mol. The molecule has 2 heteroatoms. The van der Waals surface area contributed by atoms with Gasteiger partial charge in [0.1, 0.15) is 0 Å². The lowest BCUT2D eigenvalue weighted by Gasteiger charge is -2.03. The van der Waals surface area contributed by atoms with Gasteiger partial charge in [-0.05, 0) is 13.8 Å². The minimum atomic E-state index is 0.602. The molecule has 0 aromatic rings. The average molecular weight is 116 g/mol. The molecule has 0 saturated heterocycles. The Morgan fingerprint density at radius 2 is 1.38 bits per heavy atom. The summed E-state index contributed by atoms with van der Waals surface area (Å²) in [6, 6.07) is 0. The Morgan fingerprint density at radius 3 is 1.38 bits per heavy atom. The Hall–Kier alpha value is -0.660. The van der Waals surface area contributed by atoms with Gasteiger partial charge in [-0.1, -0.05) is 0 Å². The Balaban J connectivity index is 3.86. The predicted octanol–water partition coefficient (Wildman–Crippen LogP) is 1.53. The smallest absolute Gasteiger partial charge is 0.277 e. The number of hydrogen-bond donors (Lipinski definition) is 0. The summed E-state index contributed by atoms with van der Waals surface area (Å²) in [6.07, 6.45) is 0. The zero-order valence-corrected chi connectivity index (χ0v) is 5.82. The van der Waals surface area contributed by atoms with E-state index in [2.05, 4.69) is 0 Å². The molecule has 0 saturated carbocycles. The highest BCUT2D eigenvalue weighted by molar-refractivity contribution is 4.94. The lowest BCUT2D eigenvalue weighted by Crippen LogP contribution is -1.90. The van der Waals surface area contributed by atoms with Crippen LogP contribution in [0.1, 0.15) is 13.8 Å². The molecule has 2 nitrogen and oxygen atoms in total. The number of ether oxygens (including phenoxy) is 2. The minimum Gasteiger partial charge on any atom is -0.469 e. The van der Waals surface area contributed by atoms with Crippen LogP contribution in [0.2, 0.25) is 0 Å². The van der Waals surface area contributed by atoms with E-state index in [1.54, 1.807) is 14.2 Å². The third kappa shape index (κ3) is 1.87. The fourth-order valence-corrected chi connectivity index (χ4v) is 0.492. The maximum atomic E-state index is 4.82. The van der Waals surface area contributed by atoms with Gasteiger partial charge in [0.05, 0.1) is 14.2 Å². The first kappa shape index (κ1) is 7.34. The molecule has 0 radical (unpaired) electrons. The molecule has 0 aliphatic rings. The van der Waals surface area contributed by atoms with Crippen molar-refractivity contribution in [2.45, 2.75) is 13.8 Å². The number of allylic oxidation sites excluding steroid dienone is 1. The molecule has 0 N–H and O–H groups in total. The minimum absolute atomic E-state index is 0.602. The van der Waals surface area contributed by atoms with Crippen molar-refractivity contribution in [1.29, 1.82) is 0 Å². The van der Waals surface area contributed by atoms with Crippen LogP contribution in [0.3, 0.4) is 0 Å². The normalized spacial score (nSPS) is 8.00. The van der Waals surface area contributed by atoms with E-state index in [0.717, 1.165) is 5.57 Å². The molecular formula is C6H12O2. The van der Waals surface area contributed by atoms with E-state index < -0.39 is 0 Å². The summed E-state index contributed by atoms with van der Waals surface area (Å²) >= 11 is 0. The molecule has 0 fully saturated rings. The molecule has 0 aromatic carbocycles. The zero-order chi connectivity index (χ0) is 6.57. The van der Waals surface area contributed by atoms with E-state index in [1.807, 2.05) is 13.8 Å². The van der Waals surface area contributed by atoms with Gasteiger partial charge in [-0.15, -0.1) is 0 Å². The third-order valence-electron chi connectivity index (χ3n) is 0.779. The van der Waals surface area contributed by atoms with Crippen molar-refractivity contribution in [1.82, 2.24) is 0 Å². The van der Waals surface area contributed by atoms with Crippen molar-refractivity contribution in [3.05, 3.63) is 11.5 Å². The number of methoxy groups -OCH3 is 2. The highest BCUT2D eigenvalue weighted by Crippen LogP contribution is 2.02. The van der Waals surface area contributed by atoms with E-state index in [1.165, 1.54) is 0 Å². The molecule has 0 unspecified atom stereocenters. The van der Waals surface area contributed by atoms with Crippen LogP contribution in [0, 0.1) is 0 Å².